The minimum atomic E-state index is -0.514. The summed E-state index contributed by atoms with van der Waals surface area (Å²) in [5.74, 6) is 0.404. The Morgan fingerprint density at radius 1 is 1.14 bits per heavy atom. The van der Waals surface area contributed by atoms with Gasteiger partial charge in [0.1, 0.15) is 12.3 Å². The zero-order chi connectivity index (χ0) is 19.7. The van der Waals surface area contributed by atoms with E-state index in [1.165, 1.54) is 10.5 Å². The van der Waals surface area contributed by atoms with Crippen molar-refractivity contribution in [2.24, 2.45) is 0 Å². The Morgan fingerprint density at radius 3 is 2.64 bits per heavy atom. The first-order chi connectivity index (χ1) is 13.5. The SMILES string of the molecule is Cc1noc(-c2ccc(C(=O)OCc3cc(=O)n4cccc(C)c4n3)cc2)n1. The minimum absolute atomic E-state index is 0.0937. The highest BCUT2D eigenvalue weighted by atomic mass is 16.5. The maximum Gasteiger partial charge on any atom is 0.338 e. The van der Waals surface area contributed by atoms with Gasteiger partial charge in [-0.15, -0.1) is 0 Å². The molecule has 0 amide bonds. The Balaban J connectivity index is 1.49. The molecule has 3 heterocycles. The average Bonchev–Trinajstić information content (AvgIpc) is 3.13. The van der Waals surface area contributed by atoms with Gasteiger partial charge in [-0.1, -0.05) is 11.2 Å². The second kappa shape index (κ2) is 7.07. The molecule has 140 valence electrons. The first kappa shape index (κ1) is 17.6. The van der Waals surface area contributed by atoms with Crippen LogP contribution in [0.25, 0.3) is 17.1 Å². The maximum atomic E-state index is 12.3. The van der Waals surface area contributed by atoms with Crippen LogP contribution in [0.15, 0.2) is 58.0 Å². The summed E-state index contributed by atoms with van der Waals surface area (Å²) in [6, 6.07) is 11.6. The number of esters is 1. The van der Waals surface area contributed by atoms with E-state index in [-0.39, 0.29) is 12.2 Å². The number of carbonyl (C=O) groups excluding carboxylic acids is 1. The number of fused-ring (bicyclic) bond motifs is 1. The van der Waals surface area contributed by atoms with E-state index in [9.17, 15) is 9.59 Å². The topological polar surface area (TPSA) is 99.6 Å². The number of aromatic nitrogens is 4. The Morgan fingerprint density at radius 2 is 1.93 bits per heavy atom. The van der Waals surface area contributed by atoms with Crippen molar-refractivity contribution in [2.45, 2.75) is 20.5 Å². The number of nitrogens with zero attached hydrogens (tertiary/aromatic N) is 4. The van der Waals surface area contributed by atoms with E-state index in [4.69, 9.17) is 9.26 Å². The maximum absolute atomic E-state index is 12.3. The lowest BCUT2D eigenvalue weighted by Gasteiger charge is -2.07. The van der Waals surface area contributed by atoms with Crippen LogP contribution >= 0.6 is 0 Å². The number of hydrogen-bond donors (Lipinski definition) is 0. The van der Waals surface area contributed by atoms with Crippen LogP contribution in [0.3, 0.4) is 0 Å². The molecule has 0 saturated heterocycles. The molecule has 8 heteroatoms. The van der Waals surface area contributed by atoms with Crippen molar-refractivity contribution in [3.8, 4) is 11.5 Å². The fourth-order valence-corrected chi connectivity index (χ4v) is 2.77. The molecule has 0 radical (unpaired) electrons. The number of pyridine rings is 1. The van der Waals surface area contributed by atoms with Gasteiger partial charge in [0.2, 0.25) is 0 Å². The highest BCUT2D eigenvalue weighted by Gasteiger charge is 2.12. The Bertz CT molecular complexity index is 1230. The van der Waals surface area contributed by atoms with E-state index in [1.807, 2.05) is 13.0 Å². The molecule has 4 aromatic rings. The van der Waals surface area contributed by atoms with Gasteiger partial charge in [0.05, 0.1) is 11.3 Å². The van der Waals surface area contributed by atoms with Crippen LogP contribution in [0.4, 0.5) is 0 Å². The molecule has 0 N–H and O–H groups in total. The standard InChI is InChI=1S/C20H16N4O4/c1-12-4-3-9-24-17(25)10-16(22-18(12)24)11-27-20(26)15-7-5-14(6-8-15)19-21-13(2)23-28-19/h3-10H,11H2,1-2H3. The highest BCUT2D eigenvalue weighted by molar-refractivity contribution is 5.89. The second-order valence-electron chi connectivity index (χ2n) is 6.27. The quantitative estimate of drug-likeness (QED) is 0.505. The number of ether oxygens (including phenoxy) is 1. The van der Waals surface area contributed by atoms with Gasteiger partial charge in [0, 0.05) is 17.8 Å². The first-order valence-electron chi connectivity index (χ1n) is 8.57. The number of benzene rings is 1. The number of carbonyl (C=O) groups is 1. The molecular weight excluding hydrogens is 360 g/mol. The summed E-state index contributed by atoms with van der Waals surface area (Å²) >= 11 is 0. The summed E-state index contributed by atoms with van der Waals surface area (Å²) in [5, 5.41) is 3.74. The summed E-state index contributed by atoms with van der Waals surface area (Å²) in [6.07, 6.45) is 1.65. The molecule has 0 aliphatic heterocycles. The van der Waals surface area contributed by atoms with Crippen molar-refractivity contribution in [3.05, 3.63) is 81.7 Å². The molecule has 0 aliphatic carbocycles. The smallest absolute Gasteiger partial charge is 0.338 e. The van der Waals surface area contributed by atoms with Crippen LogP contribution in [-0.4, -0.2) is 25.5 Å². The van der Waals surface area contributed by atoms with E-state index < -0.39 is 5.97 Å². The summed E-state index contributed by atoms with van der Waals surface area (Å²) in [4.78, 5) is 33.1. The van der Waals surface area contributed by atoms with E-state index >= 15 is 0 Å². The van der Waals surface area contributed by atoms with Crippen LogP contribution in [0.5, 0.6) is 0 Å². The van der Waals surface area contributed by atoms with Gasteiger partial charge in [-0.25, -0.2) is 9.78 Å². The van der Waals surface area contributed by atoms with Gasteiger partial charge in [0.25, 0.3) is 11.4 Å². The highest BCUT2D eigenvalue weighted by Crippen LogP contribution is 2.18. The lowest BCUT2D eigenvalue weighted by Crippen LogP contribution is -2.17. The monoisotopic (exact) mass is 376 g/mol. The molecule has 0 saturated carbocycles. The summed E-state index contributed by atoms with van der Waals surface area (Å²) in [6.45, 7) is 3.50. The number of rotatable bonds is 4. The van der Waals surface area contributed by atoms with Crippen LogP contribution in [0, 0.1) is 13.8 Å². The molecule has 3 aromatic heterocycles. The predicted molar refractivity (Wildman–Crippen MR) is 99.8 cm³/mol. The molecule has 0 spiro atoms. The van der Waals surface area contributed by atoms with Crippen molar-refractivity contribution in [2.75, 3.05) is 0 Å². The summed E-state index contributed by atoms with van der Waals surface area (Å²) in [7, 11) is 0. The molecule has 1 aromatic carbocycles. The molecule has 0 unspecified atom stereocenters. The third-order valence-corrected chi connectivity index (χ3v) is 4.19. The van der Waals surface area contributed by atoms with Gasteiger partial charge in [-0.3, -0.25) is 9.20 Å². The van der Waals surface area contributed by atoms with Gasteiger partial charge in [-0.05, 0) is 49.7 Å². The van der Waals surface area contributed by atoms with Crippen molar-refractivity contribution < 1.29 is 14.1 Å². The van der Waals surface area contributed by atoms with Gasteiger partial charge < -0.3 is 9.26 Å². The molecule has 0 bridgehead atoms. The minimum Gasteiger partial charge on any atom is -0.456 e. The van der Waals surface area contributed by atoms with Crippen molar-refractivity contribution in [3.63, 3.8) is 0 Å². The fourth-order valence-electron chi connectivity index (χ4n) is 2.77. The normalized spacial score (nSPS) is 10.9. The molecular formula is C20H16N4O4. The van der Waals surface area contributed by atoms with Gasteiger partial charge >= 0.3 is 5.97 Å². The van der Waals surface area contributed by atoms with Crippen molar-refractivity contribution in [1.29, 1.82) is 0 Å². The van der Waals surface area contributed by atoms with Gasteiger partial charge in [-0.2, -0.15) is 4.98 Å². The number of aryl methyl sites for hydroxylation is 2. The lowest BCUT2D eigenvalue weighted by atomic mass is 10.1. The van der Waals surface area contributed by atoms with E-state index in [2.05, 4.69) is 15.1 Å². The molecule has 8 nitrogen and oxygen atoms in total. The van der Waals surface area contributed by atoms with E-state index in [0.717, 1.165) is 5.56 Å². The first-order valence-corrected chi connectivity index (χ1v) is 8.57. The summed E-state index contributed by atoms with van der Waals surface area (Å²) in [5.41, 5.74) is 2.65. The molecule has 28 heavy (non-hydrogen) atoms. The Labute approximate surface area is 159 Å². The molecule has 0 atom stereocenters. The zero-order valence-corrected chi connectivity index (χ0v) is 15.2. The van der Waals surface area contributed by atoms with Crippen LogP contribution < -0.4 is 5.56 Å². The zero-order valence-electron chi connectivity index (χ0n) is 15.2. The Kier molecular flexibility index (Phi) is 4.44. The average molecular weight is 376 g/mol. The molecule has 4 rings (SSSR count). The number of hydrogen-bond acceptors (Lipinski definition) is 7. The third kappa shape index (κ3) is 3.39. The largest absolute Gasteiger partial charge is 0.456 e. The lowest BCUT2D eigenvalue weighted by molar-refractivity contribution is 0.0467. The molecule has 0 fully saturated rings. The van der Waals surface area contributed by atoms with Crippen molar-refractivity contribution >= 4 is 11.6 Å². The summed E-state index contributed by atoms with van der Waals surface area (Å²) < 4.78 is 11.9. The van der Waals surface area contributed by atoms with Gasteiger partial charge in [0.15, 0.2) is 5.82 Å². The van der Waals surface area contributed by atoms with E-state index in [0.29, 0.717) is 34.2 Å². The second-order valence-corrected chi connectivity index (χ2v) is 6.27. The third-order valence-electron chi connectivity index (χ3n) is 4.19. The Hall–Kier alpha value is -3.81. The predicted octanol–water partition coefficient (Wildman–Crippen LogP) is 2.72. The van der Waals surface area contributed by atoms with Crippen LogP contribution in [-0.2, 0) is 11.3 Å². The fraction of sp³-hybridized carbons (Fsp3) is 0.150. The van der Waals surface area contributed by atoms with Crippen LogP contribution in [0.2, 0.25) is 0 Å². The van der Waals surface area contributed by atoms with E-state index in [1.54, 1.807) is 43.5 Å². The van der Waals surface area contributed by atoms with Crippen LogP contribution in [0.1, 0.15) is 27.4 Å². The molecule has 0 aliphatic rings. The van der Waals surface area contributed by atoms with Crippen molar-refractivity contribution in [1.82, 2.24) is 19.5 Å².